The van der Waals surface area contributed by atoms with Gasteiger partial charge in [0.15, 0.2) is 0 Å². The van der Waals surface area contributed by atoms with Crippen LogP contribution in [0.25, 0.3) is 0 Å². The van der Waals surface area contributed by atoms with Crippen LogP contribution in [0.3, 0.4) is 0 Å². The molecule has 1 atom stereocenters. The minimum atomic E-state index is -0.596. The van der Waals surface area contributed by atoms with Crippen molar-refractivity contribution in [2.45, 2.75) is 19.3 Å². The Bertz CT molecular complexity index is 731. The van der Waals surface area contributed by atoms with Gasteiger partial charge in [0, 0.05) is 6.08 Å². The molecular formula is C21H23NO5. The van der Waals surface area contributed by atoms with Crippen molar-refractivity contribution < 1.29 is 23.8 Å². The number of rotatable bonds is 9. The molecule has 27 heavy (non-hydrogen) atoms. The van der Waals surface area contributed by atoms with E-state index in [1.165, 1.54) is 19.3 Å². The van der Waals surface area contributed by atoms with Gasteiger partial charge < -0.3 is 19.5 Å². The molecule has 0 bridgehead atoms. The molecule has 1 amide bonds. The lowest BCUT2D eigenvalue weighted by Gasteiger charge is -2.15. The number of carbonyl (C=O) groups excluding carboxylic acids is 2. The fraction of sp³-hybridized carbons (Fsp3) is 0.238. The van der Waals surface area contributed by atoms with Crippen LogP contribution in [-0.2, 0) is 32.2 Å². The van der Waals surface area contributed by atoms with Crippen molar-refractivity contribution in [3.05, 3.63) is 83.9 Å². The zero-order valence-electron chi connectivity index (χ0n) is 15.2. The van der Waals surface area contributed by atoms with Crippen LogP contribution in [0, 0.1) is 0 Å². The zero-order valence-corrected chi connectivity index (χ0v) is 15.2. The number of ether oxygens (including phenoxy) is 3. The van der Waals surface area contributed by atoms with E-state index in [2.05, 4.69) is 10.1 Å². The van der Waals surface area contributed by atoms with Gasteiger partial charge >= 0.3 is 12.1 Å². The molecule has 0 spiro atoms. The summed E-state index contributed by atoms with van der Waals surface area (Å²) in [7, 11) is 1.29. The second-order valence-corrected chi connectivity index (χ2v) is 5.70. The fourth-order valence-corrected chi connectivity index (χ4v) is 2.20. The van der Waals surface area contributed by atoms with Crippen molar-refractivity contribution >= 4 is 12.1 Å². The number of alkyl carbamates (subject to hydrolysis) is 1. The molecule has 2 aromatic rings. The van der Waals surface area contributed by atoms with E-state index >= 15 is 0 Å². The van der Waals surface area contributed by atoms with Gasteiger partial charge in [0.05, 0.1) is 26.4 Å². The van der Waals surface area contributed by atoms with Gasteiger partial charge in [0.1, 0.15) is 6.61 Å². The van der Waals surface area contributed by atoms with Crippen LogP contribution in [0.1, 0.15) is 11.1 Å². The number of carbonyl (C=O) groups is 2. The van der Waals surface area contributed by atoms with Gasteiger partial charge in [-0.05, 0) is 11.1 Å². The topological polar surface area (TPSA) is 73.9 Å². The minimum absolute atomic E-state index is 0.158. The van der Waals surface area contributed by atoms with Crippen molar-refractivity contribution in [2.24, 2.45) is 0 Å². The largest absolute Gasteiger partial charge is 0.466 e. The number of hydrogen-bond acceptors (Lipinski definition) is 5. The average Bonchev–Trinajstić information content (AvgIpc) is 2.71. The predicted octanol–water partition coefficient (Wildman–Crippen LogP) is 3.23. The van der Waals surface area contributed by atoms with Crippen molar-refractivity contribution in [2.75, 3.05) is 13.7 Å². The molecule has 2 rings (SSSR count). The first-order chi connectivity index (χ1) is 13.2. The third-order valence-corrected chi connectivity index (χ3v) is 3.59. The highest BCUT2D eigenvalue weighted by Crippen LogP contribution is 2.03. The normalized spacial score (nSPS) is 11.7. The molecule has 0 heterocycles. The molecule has 0 radical (unpaired) electrons. The third-order valence-electron chi connectivity index (χ3n) is 3.59. The Kier molecular flexibility index (Phi) is 8.59. The maximum atomic E-state index is 12.0. The predicted molar refractivity (Wildman–Crippen MR) is 101 cm³/mol. The highest BCUT2D eigenvalue weighted by Gasteiger charge is 2.12. The minimum Gasteiger partial charge on any atom is -0.466 e. The van der Waals surface area contributed by atoms with Crippen LogP contribution in [0.15, 0.2) is 72.8 Å². The molecule has 1 N–H and O–H groups in total. The molecule has 0 aromatic heterocycles. The fourth-order valence-electron chi connectivity index (χ4n) is 2.20. The smallest absolute Gasteiger partial charge is 0.408 e. The highest BCUT2D eigenvalue weighted by atomic mass is 16.5. The first kappa shape index (κ1) is 20.2. The average molecular weight is 369 g/mol. The summed E-state index contributed by atoms with van der Waals surface area (Å²) >= 11 is 0. The van der Waals surface area contributed by atoms with E-state index in [0.29, 0.717) is 6.61 Å². The molecule has 0 saturated heterocycles. The van der Waals surface area contributed by atoms with Crippen LogP contribution in [0.2, 0.25) is 0 Å². The molecule has 6 nitrogen and oxygen atoms in total. The van der Waals surface area contributed by atoms with E-state index in [-0.39, 0.29) is 13.2 Å². The molecule has 0 aliphatic heterocycles. The quantitative estimate of drug-likeness (QED) is 0.543. The van der Waals surface area contributed by atoms with Gasteiger partial charge in [-0.15, -0.1) is 0 Å². The Morgan fingerprint density at radius 3 is 2.15 bits per heavy atom. The Morgan fingerprint density at radius 1 is 0.963 bits per heavy atom. The monoisotopic (exact) mass is 369 g/mol. The summed E-state index contributed by atoms with van der Waals surface area (Å²) in [5, 5.41) is 2.67. The Balaban J connectivity index is 1.85. The second kappa shape index (κ2) is 11.5. The third kappa shape index (κ3) is 8.20. The van der Waals surface area contributed by atoms with Crippen molar-refractivity contribution in [1.29, 1.82) is 0 Å². The summed E-state index contributed by atoms with van der Waals surface area (Å²) in [4.78, 5) is 23.3. The zero-order chi connectivity index (χ0) is 19.3. The van der Waals surface area contributed by atoms with Gasteiger partial charge in [-0.3, -0.25) is 0 Å². The summed E-state index contributed by atoms with van der Waals surface area (Å²) in [6.07, 6.45) is 2.16. The van der Waals surface area contributed by atoms with E-state index in [0.717, 1.165) is 11.1 Å². The van der Waals surface area contributed by atoms with Crippen LogP contribution in [0.5, 0.6) is 0 Å². The lowest BCUT2D eigenvalue weighted by atomic mass is 10.2. The van der Waals surface area contributed by atoms with Crippen LogP contribution in [-0.4, -0.2) is 31.8 Å². The Morgan fingerprint density at radius 2 is 1.56 bits per heavy atom. The Labute approximate surface area is 158 Å². The molecule has 0 aliphatic carbocycles. The molecule has 6 heteroatoms. The maximum absolute atomic E-state index is 12.0. The number of benzene rings is 2. The van der Waals surface area contributed by atoms with Crippen molar-refractivity contribution in [1.82, 2.24) is 5.32 Å². The Hall–Kier alpha value is -3.12. The molecule has 142 valence electrons. The van der Waals surface area contributed by atoms with E-state index in [1.54, 1.807) is 0 Å². The molecule has 0 aliphatic rings. The molecule has 0 unspecified atom stereocenters. The number of amides is 1. The van der Waals surface area contributed by atoms with Gasteiger partial charge in [0.2, 0.25) is 0 Å². The number of esters is 1. The maximum Gasteiger partial charge on any atom is 0.408 e. The van der Waals surface area contributed by atoms with Crippen LogP contribution < -0.4 is 5.32 Å². The number of nitrogens with one attached hydrogen (secondary N) is 1. The second-order valence-electron chi connectivity index (χ2n) is 5.70. The van der Waals surface area contributed by atoms with E-state index in [4.69, 9.17) is 9.47 Å². The van der Waals surface area contributed by atoms with Crippen molar-refractivity contribution in [3.63, 3.8) is 0 Å². The summed E-state index contributed by atoms with van der Waals surface area (Å²) in [5.41, 5.74) is 1.90. The van der Waals surface area contributed by atoms with Crippen LogP contribution >= 0.6 is 0 Å². The summed E-state index contributed by atoms with van der Waals surface area (Å²) < 4.78 is 15.4. The molecular weight excluding hydrogens is 346 g/mol. The van der Waals surface area contributed by atoms with Gasteiger partial charge in [-0.2, -0.15) is 0 Å². The van der Waals surface area contributed by atoms with Gasteiger partial charge in [-0.1, -0.05) is 66.7 Å². The molecule has 0 fully saturated rings. The summed E-state index contributed by atoms with van der Waals surface area (Å²) in [5.74, 6) is -0.512. The summed E-state index contributed by atoms with van der Waals surface area (Å²) in [6, 6.07) is 18.5. The van der Waals surface area contributed by atoms with Gasteiger partial charge in [-0.25, -0.2) is 9.59 Å². The number of methoxy groups -OCH3 is 1. The first-order valence-corrected chi connectivity index (χ1v) is 8.52. The van der Waals surface area contributed by atoms with Gasteiger partial charge in [0.25, 0.3) is 0 Å². The van der Waals surface area contributed by atoms with Crippen molar-refractivity contribution in [3.8, 4) is 0 Å². The van der Waals surface area contributed by atoms with E-state index in [9.17, 15) is 9.59 Å². The lowest BCUT2D eigenvalue weighted by molar-refractivity contribution is -0.134. The van der Waals surface area contributed by atoms with E-state index < -0.39 is 18.1 Å². The van der Waals surface area contributed by atoms with Crippen LogP contribution in [0.4, 0.5) is 4.79 Å². The SMILES string of the molecule is COC(=O)/C=C\[C@H](COCc1ccccc1)NC(=O)OCc1ccccc1. The molecule has 0 saturated carbocycles. The van der Waals surface area contributed by atoms with E-state index in [1.807, 2.05) is 60.7 Å². The standard InChI is InChI=1S/C21H23NO5/c1-25-20(23)13-12-19(16-26-14-17-8-4-2-5-9-17)22-21(24)27-15-18-10-6-3-7-11-18/h2-13,19H,14-16H2,1H3,(H,22,24)/b13-12-/t19-/m1/s1. The number of hydrogen-bond donors (Lipinski definition) is 1. The molecule has 2 aromatic carbocycles. The first-order valence-electron chi connectivity index (χ1n) is 8.52. The lowest BCUT2D eigenvalue weighted by Crippen LogP contribution is -2.37. The summed E-state index contributed by atoms with van der Waals surface area (Å²) in [6.45, 7) is 0.734. The highest BCUT2D eigenvalue weighted by molar-refractivity contribution is 5.82.